The number of nitrogens with zero attached hydrogens (tertiary/aromatic N) is 3. The summed E-state index contributed by atoms with van der Waals surface area (Å²) in [6.07, 6.45) is 1.76. The zero-order valence-electron chi connectivity index (χ0n) is 23.8. The van der Waals surface area contributed by atoms with Gasteiger partial charge in [0, 0.05) is 34.6 Å². The van der Waals surface area contributed by atoms with Crippen LogP contribution in [0.5, 0.6) is 5.75 Å². The van der Waals surface area contributed by atoms with Gasteiger partial charge in [0.2, 0.25) is 0 Å². The molecule has 0 fully saturated rings. The molecule has 0 aliphatic rings. The Hall–Kier alpha value is -5.66. The molecule has 0 saturated heterocycles. The van der Waals surface area contributed by atoms with Gasteiger partial charge < -0.3 is 10.1 Å². The maximum Gasteiger partial charge on any atom is 0.269 e. The van der Waals surface area contributed by atoms with Gasteiger partial charge in [-0.25, -0.2) is 9.97 Å². The molecule has 0 aliphatic carbocycles. The summed E-state index contributed by atoms with van der Waals surface area (Å²) in [7, 11) is 0. The molecule has 6 rings (SSSR count). The average molecular weight is 593 g/mol. The van der Waals surface area contributed by atoms with Crippen molar-refractivity contribution in [1.29, 1.82) is 0 Å². The number of benzene rings is 5. The summed E-state index contributed by atoms with van der Waals surface area (Å²) in [5, 5.41) is 3.27. The Bertz CT molecular complexity index is 1930. The van der Waals surface area contributed by atoms with Gasteiger partial charge in [0.05, 0.1) is 22.4 Å². The normalized spacial score (nSPS) is 10.6. The molecule has 44 heavy (non-hydrogen) atoms. The minimum Gasteiger partial charge on any atom is -0.432 e. The van der Waals surface area contributed by atoms with Crippen molar-refractivity contribution in [3.05, 3.63) is 152 Å². The molecule has 5 aromatic carbocycles. The monoisotopic (exact) mass is 592 g/mol. The lowest BCUT2D eigenvalue weighted by atomic mass is 10.0. The zero-order valence-corrected chi connectivity index (χ0v) is 24.6. The fourth-order valence-electron chi connectivity index (χ4n) is 4.78. The number of hydrogen-bond acceptors (Lipinski definition) is 5. The summed E-state index contributed by atoms with van der Waals surface area (Å²) in [4.78, 5) is 25.0. The molecule has 6 aromatic rings. The molecule has 1 heterocycles. The van der Waals surface area contributed by atoms with E-state index in [9.17, 15) is 4.79 Å². The molecule has 6 nitrogen and oxygen atoms in total. The number of thiocarbonyl (C=S) groups is 1. The molecule has 7 heteroatoms. The third-order valence-corrected chi connectivity index (χ3v) is 7.24. The lowest BCUT2D eigenvalue weighted by molar-refractivity contribution is 0.102. The Labute approximate surface area is 261 Å². The molecule has 0 saturated carbocycles. The number of rotatable bonds is 8. The number of nitrogens with one attached hydrogen (secondary N) is 1. The second kappa shape index (κ2) is 13.1. The molecule has 1 amide bonds. The number of ether oxygens (including phenoxy) is 1. The SMILES string of the molecule is C=CCN(C(=S)Oc1ccc(C(=O)Nc2ccc3nc(-c4ccccc4)c(-c4ccccc4)nc3c2)cc1)c1ccccc1. The third kappa shape index (κ3) is 6.38. The molecule has 0 atom stereocenters. The first-order chi connectivity index (χ1) is 21.6. The minimum atomic E-state index is -0.256. The highest BCUT2D eigenvalue weighted by Crippen LogP contribution is 2.31. The molecular weight excluding hydrogens is 565 g/mol. The minimum absolute atomic E-state index is 0.256. The first-order valence-corrected chi connectivity index (χ1v) is 14.5. The van der Waals surface area contributed by atoms with Crippen molar-refractivity contribution in [3.63, 3.8) is 0 Å². The maximum atomic E-state index is 13.2. The van der Waals surface area contributed by atoms with Crippen LogP contribution in [0.25, 0.3) is 33.5 Å². The van der Waals surface area contributed by atoms with Gasteiger partial charge in [0.15, 0.2) is 0 Å². The summed E-state index contributed by atoms with van der Waals surface area (Å²) in [6.45, 7) is 4.32. The molecule has 1 aromatic heterocycles. The van der Waals surface area contributed by atoms with Gasteiger partial charge in [-0.3, -0.25) is 9.69 Å². The standard InChI is InChI=1S/C37H28N4O2S/c1-2-24-41(30-16-10-5-11-17-30)37(44)43-31-21-18-28(19-22-31)36(42)38-29-20-23-32-33(25-29)40-35(27-14-8-4-9-15-27)34(39-32)26-12-6-3-7-13-26/h2-23,25H,1,24H2,(H,38,42). The first-order valence-electron chi connectivity index (χ1n) is 14.1. The van der Waals surface area contributed by atoms with E-state index in [1.54, 1.807) is 30.3 Å². The van der Waals surface area contributed by atoms with Crippen LogP contribution in [0, 0.1) is 0 Å². The fraction of sp³-hybridized carbons (Fsp3) is 0.0270. The van der Waals surface area contributed by atoms with E-state index in [4.69, 9.17) is 26.9 Å². The second-order valence-corrected chi connectivity index (χ2v) is 10.3. The molecule has 0 radical (unpaired) electrons. The topological polar surface area (TPSA) is 67.3 Å². The summed E-state index contributed by atoms with van der Waals surface area (Å²) in [5.41, 5.74) is 6.95. The number of fused-ring (bicyclic) bond motifs is 1. The van der Waals surface area contributed by atoms with Crippen LogP contribution >= 0.6 is 12.2 Å². The smallest absolute Gasteiger partial charge is 0.269 e. The predicted molar refractivity (Wildman–Crippen MR) is 182 cm³/mol. The van der Waals surface area contributed by atoms with Crippen molar-refractivity contribution in [2.75, 3.05) is 16.8 Å². The third-order valence-electron chi connectivity index (χ3n) is 6.94. The van der Waals surface area contributed by atoms with Gasteiger partial charge >= 0.3 is 0 Å². The van der Waals surface area contributed by atoms with Crippen LogP contribution in [0.15, 0.2) is 146 Å². The summed E-state index contributed by atoms with van der Waals surface area (Å²) in [5.74, 6) is 0.272. The Balaban J connectivity index is 1.20. The number of amides is 1. The highest BCUT2D eigenvalue weighted by atomic mass is 32.1. The van der Waals surface area contributed by atoms with Gasteiger partial charge in [-0.15, -0.1) is 6.58 Å². The number of carbonyl (C=O) groups is 1. The van der Waals surface area contributed by atoms with Gasteiger partial charge in [-0.05, 0) is 66.8 Å². The van der Waals surface area contributed by atoms with Gasteiger partial charge in [-0.1, -0.05) is 84.9 Å². The van der Waals surface area contributed by atoms with Crippen LogP contribution in [-0.4, -0.2) is 27.6 Å². The number of aromatic nitrogens is 2. The van der Waals surface area contributed by atoms with Crippen LogP contribution in [-0.2, 0) is 0 Å². The van der Waals surface area contributed by atoms with E-state index in [1.807, 2.05) is 114 Å². The van der Waals surface area contributed by atoms with Gasteiger partial charge in [0.1, 0.15) is 5.75 Å². The highest BCUT2D eigenvalue weighted by molar-refractivity contribution is 7.80. The van der Waals surface area contributed by atoms with E-state index in [1.165, 1.54) is 0 Å². The van der Waals surface area contributed by atoms with E-state index in [2.05, 4.69) is 11.9 Å². The molecule has 1 N–H and O–H groups in total. The van der Waals surface area contributed by atoms with Gasteiger partial charge in [0.25, 0.3) is 11.1 Å². The summed E-state index contributed by atoms with van der Waals surface area (Å²) < 4.78 is 5.94. The molecule has 0 aliphatic heterocycles. The lowest BCUT2D eigenvalue weighted by Gasteiger charge is -2.23. The quantitative estimate of drug-likeness (QED) is 0.141. The Morgan fingerprint density at radius 1 is 0.750 bits per heavy atom. The number of carbonyl (C=O) groups excluding carboxylic acids is 1. The van der Waals surface area contributed by atoms with E-state index < -0.39 is 0 Å². The second-order valence-electron chi connectivity index (χ2n) is 9.94. The molecule has 0 spiro atoms. The molecule has 214 valence electrons. The number of hydrogen-bond donors (Lipinski definition) is 1. The highest BCUT2D eigenvalue weighted by Gasteiger charge is 2.16. The molecule has 0 bridgehead atoms. The van der Waals surface area contributed by atoms with E-state index in [0.717, 1.165) is 33.7 Å². The predicted octanol–water partition coefficient (Wildman–Crippen LogP) is 8.57. The van der Waals surface area contributed by atoms with E-state index in [0.29, 0.717) is 29.1 Å². The van der Waals surface area contributed by atoms with Crippen LogP contribution < -0.4 is 15.0 Å². The summed E-state index contributed by atoms with van der Waals surface area (Å²) >= 11 is 5.56. The number of para-hydroxylation sites is 1. The summed E-state index contributed by atoms with van der Waals surface area (Å²) in [6, 6.07) is 42.1. The van der Waals surface area contributed by atoms with Crippen LogP contribution in [0.3, 0.4) is 0 Å². The van der Waals surface area contributed by atoms with Crippen molar-refractivity contribution in [2.24, 2.45) is 0 Å². The zero-order chi connectivity index (χ0) is 30.3. The average Bonchev–Trinajstić information content (AvgIpc) is 3.08. The number of anilines is 2. The lowest BCUT2D eigenvalue weighted by Crippen LogP contribution is -2.33. The Morgan fingerprint density at radius 2 is 1.32 bits per heavy atom. The Kier molecular flexibility index (Phi) is 8.48. The van der Waals surface area contributed by atoms with Crippen LogP contribution in [0.2, 0.25) is 0 Å². The van der Waals surface area contributed by atoms with Crippen LogP contribution in [0.4, 0.5) is 11.4 Å². The maximum absolute atomic E-state index is 13.2. The van der Waals surface area contributed by atoms with E-state index in [-0.39, 0.29) is 11.1 Å². The molecule has 0 unspecified atom stereocenters. The fourth-order valence-corrected chi connectivity index (χ4v) is 5.06. The van der Waals surface area contributed by atoms with Gasteiger partial charge in [-0.2, -0.15) is 0 Å². The Morgan fingerprint density at radius 3 is 1.91 bits per heavy atom. The van der Waals surface area contributed by atoms with Crippen molar-refractivity contribution >= 4 is 45.7 Å². The van der Waals surface area contributed by atoms with Crippen LogP contribution in [0.1, 0.15) is 10.4 Å². The molecular formula is C37H28N4O2S. The largest absolute Gasteiger partial charge is 0.432 e. The van der Waals surface area contributed by atoms with E-state index >= 15 is 0 Å². The van der Waals surface area contributed by atoms with Crippen molar-refractivity contribution in [1.82, 2.24) is 9.97 Å². The van der Waals surface area contributed by atoms with Crippen molar-refractivity contribution in [3.8, 4) is 28.3 Å². The van der Waals surface area contributed by atoms with Crippen molar-refractivity contribution in [2.45, 2.75) is 0 Å². The van der Waals surface area contributed by atoms with Crippen molar-refractivity contribution < 1.29 is 9.53 Å². The first kappa shape index (κ1) is 28.5.